The van der Waals surface area contributed by atoms with Crippen molar-refractivity contribution in [1.29, 1.82) is 0 Å². The van der Waals surface area contributed by atoms with Crippen LogP contribution in [0.5, 0.6) is 0 Å². The summed E-state index contributed by atoms with van der Waals surface area (Å²) in [4.78, 5) is 14.2. The Morgan fingerprint density at radius 1 is 1.61 bits per heavy atom. The summed E-state index contributed by atoms with van der Waals surface area (Å²) in [5, 5.41) is 0.788. The molecule has 1 aromatic heterocycles. The molecule has 0 bridgehead atoms. The average Bonchev–Trinajstić information content (AvgIpc) is 2.71. The highest BCUT2D eigenvalue weighted by molar-refractivity contribution is 6.31. The number of H-pyrrole nitrogens is 1. The quantitative estimate of drug-likeness (QED) is 0.838. The molecule has 0 aliphatic heterocycles. The van der Waals surface area contributed by atoms with Crippen molar-refractivity contribution >= 4 is 28.5 Å². The van der Waals surface area contributed by atoms with Crippen LogP contribution in [0, 0.1) is 5.82 Å². The summed E-state index contributed by atoms with van der Waals surface area (Å²) in [5.74, 6) is -0.979. The van der Waals surface area contributed by atoms with E-state index in [-0.39, 0.29) is 5.02 Å². The Kier molecular flexibility index (Phi) is 3.54. The Labute approximate surface area is 108 Å². The fourth-order valence-corrected chi connectivity index (χ4v) is 1.98. The van der Waals surface area contributed by atoms with Crippen molar-refractivity contribution in [1.82, 2.24) is 4.98 Å². The SMILES string of the molecule is COC(=O)C(N)Cc1c[nH]c2cc(F)c(Cl)cc12. The third-order valence-corrected chi connectivity index (χ3v) is 3.04. The van der Waals surface area contributed by atoms with Crippen LogP contribution in [0.2, 0.25) is 5.02 Å². The number of aromatic amines is 1. The molecule has 1 atom stereocenters. The Hall–Kier alpha value is -1.59. The molecule has 96 valence electrons. The molecule has 0 aliphatic carbocycles. The maximum Gasteiger partial charge on any atom is 0.322 e. The van der Waals surface area contributed by atoms with Crippen molar-refractivity contribution in [2.75, 3.05) is 7.11 Å². The van der Waals surface area contributed by atoms with Gasteiger partial charge in [-0.3, -0.25) is 4.79 Å². The van der Waals surface area contributed by atoms with E-state index in [2.05, 4.69) is 9.72 Å². The van der Waals surface area contributed by atoms with E-state index >= 15 is 0 Å². The number of nitrogens with two attached hydrogens (primary N) is 1. The van der Waals surface area contributed by atoms with Crippen LogP contribution in [-0.2, 0) is 16.0 Å². The number of hydrogen-bond acceptors (Lipinski definition) is 3. The number of carbonyl (C=O) groups excluding carboxylic acids is 1. The molecule has 0 amide bonds. The number of hydrogen-bond donors (Lipinski definition) is 2. The molecule has 1 heterocycles. The van der Waals surface area contributed by atoms with E-state index in [1.807, 2.05) is 0 Å². The second-order valence-electron chi connectivity index (χ2n) is 3.96. The lowest BCUT2D eigenvalue weighted by Crippen LogP contribution is -2.33. The third kappa shape index (κ3) is 2.32. The number of esters is 1. The van der Waals surface area contributed by atoms with Gasteiger partial charge in [0.2, 0.25) is 0 Å². The maximum atomic E-state index is 13.3. The number of ether oxygens (including phenoxy) is 1. The van der Waals surface area contributed by atoms with Crippen molar-refractivity contribution in [3.63, 3.8) is 0 Å². The number of fused-ring (bicyclic) bond motifs is 1. The highest BCUT2D eigenvalue weighted by Crippen LogP contribution is 2.25. The summed E-state index contributed by atoms with van der Waals surface area (Å²) in [5.41, 5.74) is 7.09. The zero-order valence-corrected chi connectivity index (χ0v) is 10.4. The Morgan fingerprint density at radius 2 is 2.33 bits per heavy atom. The smallest absolute Gasteiger partial charge is 0.322 e. The van der Waals surface area contributed by atoms with Gasteiger partial charge in [-0.25, -0.2) is 4.39 Å². The molecule has 0 saturated carbocycles. The van der Waals surface area contributed by atoms with Gasteiger partial charge >= 0.3 is 5.97 Å². The van der Waals surface area contributed by atoms with E-state index < -0.39 is 17.8 Å². The van der Waals surface area contributed by atoms with Gasteiger partial charge in [-0.05, 0) is 17.7 Å². The van der Waals surface area contributed by atoms with E-state index in [9.17, 15) is 9.18 Å². The van der Waals surface area contributed by atoms with Crippen LogP contribution in [0.4, 0.5) is 4.39 Å². The number of halogens is 2. The van der Waals surface area contributed by atoms with Gasteiger partial charge < -0.3 is 15.5 Å². The summed E-state index contributed by atoms with van der Waals surface area (Å²) in [6, 6.07) is 2.07. The monoisotopic (exact) mass is 270 g/mol. The Morgan fingerprint density at radius 3 is 3.00 bits per heavy atom. The van der Waals surface area contributed by atoms with Crippen LogP contribution in [-0.4, -0.2) is 24.1 Å². The lowest BCUT2D eigenvalue weighted by atomic mass is 10.1. The van der Waals surface area contributed by atoms with Crippen LogP contribution < -0.4 is 5.73 Å². The molecule has 0 fully saturated rings. The predicted octanol–water partition coefficient (Wildman–Crippen LogP) is 2.00. The van der Waals surface area contributed by atoms with Gasteiger partial charge in [0, 0.05) is 23.5 Å². The largest absolute Gasteiger partial charge is 0.468 e. The molecule has 2 rings (SSSR count). The molecular weight excluding hydrogens is 259 g/mol. The second-order valence-corrected chi connectivity index (χ2v) is 4.37. The lowest BCUT2D eigenvalue weighted by molar-refractivity contribution is -0.142. The molecule has 0 aliphatic rings. The van der Waals surface area contributed by atoms with Gasteiger partial charge in [-0.1, -0.05) is 11.6 Å². The predicted molar refractivity (Wildman–Crippen MR) is 67.0 cm³/mol. The maximum absolute atomic E-state index is 13.3. The zero-order valence-electron chi connectivity index (χ0n) is 9.67. The van der Waals surface area contributed by atoms with E-state index in [0.717, 1.165) is 10.9 Å². The summed E-state index contributed by atoms with van der Waals surface area (Å²) >= 11 is 5.73. The van der Waals surface area contributed by atoms with Crippen LogP contribution in [0.3, 0.4) is 0 Å². The van der Waals surface area contributed by atoms with Crippen LogP contribution >= 0.6 is 11.6 Å². The average molecular weight is 271 g/mol. The van der Waals surface area contributed by atoms with Gasteiger partial charge in [0.15, 0.2) is 0 Å². The first-order valence-electron chi connectivity index (χ1n) is 5.31. The van der Waals surface area contributed by atoms with Gasteiger partial charge in [-0.15, -0.1) is 0 Å². The van der Waals surface area contributed by atoms with E-state index in [1.165, 1.54) is 19.2 Å². The molecule has 6 heteroatoms. The van der Waals surface area contributed by atoms with E-state index in [0.29, 0.717) is 11.9 Å². The first-order chi connectivity index (χ1) is 8.52. The standard InChI is InChI=1S/C12H12ClFN2O2/c1-18-12(17)10(15)2-6-5-16-11-4-9(14)8(13)3-7(6)11/h3-5,10,16H,2,15H2,1H3. The Balaban J connectivity index is 2.35. The topological polar surface area (TPSA) is 68.1 Å². The Bertz CT molecular complexity index is 597. The molecule has 3 N–H and O–H groups in total. The molecule has 2 aromatic rings. The van der Waals surface area contributed by atoms with Crippen LogP contribution in [0.1, 0.15) is 5.56 Å². The number of nitrogens with one attached hydrogen (secondary N) is 1. The van der Waals surface area contributed by atoms with Crippen LogP contribution in [0.15, 0.2) is 18.3 Å². The first kappa shape index (κ1) is 12.9. The minimum atomic E-state index is -0.752. The number of aromatic nitrogens is 1. The summed E-state index contributed by atoms with van der Waals surface area (Å²) in [6.07, 6.45) is 1.98. The zero-order chi connectivity index (χ0) is 13.3. The van der Waals surface area contributed by atoms with Crippen molar-refractivity contribution in [2.24, 2.45) is 5.73 Å². The fourth-order valence-electron chi connectivity index (χ4n) is 1.82. The number of benzene rings is 1. The van der Waals surface area contributed by atoms with Crippen molar-refractivity contribution < 1.29 is 13.9 Å². The molecule has 4 nitrogen and oxygen atoms in total. The van der Waals surface area contributed by atoms with Crippen molar-refractivity contribution in [2.45, 2.75) is 12.5 Å². The van der Waals surface area contributed by atoms with Gasteiger partial charge in [0.1, 0.15) is 11.9 Å². The molecule has 18 heavy (non-hydrogen) atoms. The lowest BCUT2D eigenvalue weighted by Gasteiger charge is -2.08. The third-order valence-electron chi connectivity index (χ3n) is 2.75. The molecule has 0 saturated heterocycles. The summed E-state index contributed by atoms with van der Waals surface area (Å²) in [6.45, 7) is 0. The minimum Gasteiger partial charge on any atom is -0.468 e. The van der Waals surface area contributed by atoms with Crippen molar-refractivity contribution in [3.8, 4) is 0 Å². The van der Waals surface area contributed by atoms with E-state index in [1.54, 1.807) is 6.20 Å². The first-order valence-corrected chi connectivity index (χ1v) is 5.69. The van der Waals surface area contributed by atoms with Gasteiger partial charge in [0.05, 0.1) is 12.1 Å². The molecule has 1 unspecified atom stereocenters. The molecule has 0 spiro atoms. The fraction of sp³-hybridized carbons (Fsp3) is 0.250. The summed E-state index contributed by atoms with van der Waals surface area (Å²) in [7, 11) is 1.28. The normalized spacial score (nSPS) is 12.7. The number of carbonyl (C=O) groups is 1. The molecule has 0 radical (unpaired) electrons. The minimum absolute atomic E-state index is 0.0370. The second kappa shape index (κ2) is 4.96. The summed E-state index contributed by atoms with van der Waals surface area (Å²) < 4.78 is 17.8. The highest BCUT2D eigenvalue weighted by Gasteiger charge is 2.17. The number of rotatable bonds is 3. The van der Waals surface area contributed by atoms with Crippen LogP contribution in [0.25, 0.3) is 10.9 Å². The highest BCUT2D eigenvalue weighted by atomic mass is 35.5. The number of methoxy groups -OCH3 is 1. The van der Waals surface area contributed by atoms with Gasteiger partial charge in [-0.2, -0.15) is 0 Å². The van der Waals surface area contributed by atoms with E-state index in [4.69, 9.17) is 17.3 Å². The van der Waals surface area contributed by atoms with Crippen molar-refractivity contribution in [3.05, 3.63) is 34.7 Å². The van der Waals surface area contributed by atoms with Gasteiger partial charge in [0.25, 0.3) is 0 Å². The molecular formula is C12H12ClFN2O2. The molecule has 1 aromatic carbocycles.